The van der Waals surface area contributed by atoms with Gasteiger partial charge in [-0.3, -0.25) is 4.79 Å². The Morgan fingerprint density at radius 1 is 1.27 bits per heavy atom. The van der Waals surface area contributed by atoms with Crippen LogP contribution in [0.2, 0.25) is 0 Å². The number of rotatable bonds is 2. The third-order valence-corrected chi connectivity index (χ3v) is 2.44. The van der Waals surface area contributed by atoms with Crippen LogP contribution in [0.5, 0.6) is 11.5 Å². The maximum Gasteiger partial charge on any atom is 0.161 e. The summed E-state index contributed by atoms with van der Waals surface area (Å²) in [6.07, 6.45) is 0.461. The summed E-state index contributed by atoms with van der Waals surface area (Å²) in [4.78, 5) is 11.1. The fraction of sp³-hybridized carbons (Fsp3) is 0.417. The number of hydrogen-bond donors (Lipinski definition) is 0. The molecule has 1 aliphatic rings. The van der Waals surface area contributed by atoms with Gasteiger partial charge in [0.25, 0.3) is 0 Å². The standard InChI is InChI=1S/C12H14O3/c1-8-5-11-12(15-4-3-14-11)7-10(8)6-9(2)13/h5,7H,3-4,6H2,1-2H3. The van der Waals surface area contributed by atoms with Crippen molar-refractivity contribution in [3.05, 3.63) is 23.3 Å². The fourth-order valence-corrected chi connectivity index (χ4v) is 1.69. The highest BCUT2D eigenvalue weighted by molar-refractivity contribution is 5.78. The van der Waals surface area contributed by atoms with Crippen molar-refractivity contribution in [1.82, 2.24) is 0 Å². The van der Waals surface area contributed by atoms with Gasteiger partial charge < -0.3 is 9.47 Å². The van der Waals surface area contributed by atoms with Crippen LogP contribution in [0.4, 0.5) is 0 Å². The van der Waals surface area contributed by atoms with Crippen molar-refractivity contribution >= 4 is 5.78 Å². The molecule has 3 heteroatoms. The first-order valence-electron chi connectivity index (χ1n) is 5.05. The van der Waals surface area contributed by atoms with Crippen molar-refractivity contribution in [1.29, 1.82) is 0 Å². The number of ether oxygens (including phenoxy) is 2. The molecule has 0 atom stereocenters. The third kappa shape index (κ3) is 2.12. The van der Waals surface area contributed by atoms with E-state index in [0.717, 1.165) is 22.6 Å². The quantitative estimate of drug-likeness (QED) is 0.741. The molecule has 0 saturated heterocycles. The molecule has 0 aromatic heterocycles. The molecule has 0 spiro atoms. The lowest BCUT2D eigenvalue weighted by atomic mass is 10.0. The summed E-state index contributed by atoms with van der Waals surface area (Å²) in [6.45, 7) is 4.75. The number of Topliss-reactive ketones (excluding diaryl/α,β-unsaturated/α-hetero) is 1. The molecule has 1 aromatic carbocycles. The van der Waals surface area contributed by atoms with Crippen LogP contribution in [0.25, 0.3) is 0 Å². The van der Waals surface area contributed by atoms with Gasteiger partial charge in [0.15, 0.2) is 11.5 Å². The molecule has 0 unspecified atom stereocenters. The number of carbonyl (C=O) groups is 1. The summed E-state index contributed by atoms with van der Waals surface area (Å²) in [5.74, 6) is 1.70. The average molecular weight is 206 g/mol. The molecule has 0 amide bonds. The number of fused-ring (bicyclic) bond motifs is 1. The molecule has 1 heterocycles. The monoisotopic (exact) mass is 206 g/mol. The lowest BCUT2D eigenvalue weighted by molar-refractivity contribution is -0.116. The van der Waals surface area contributed by atoms with Gasteiger partial charge in [-0.2, -0.15) is 0 Å². The van der Waals surface area contributed by atoms with Crippen molar-refractivity contribution in [2.75, 3.05) is 13.2 Å². The molecule has 0 aliphatic carbocycles. The Labute approximate surface area is 89.0 Å². The average Bonchev–Trinajstić information content (AvgIpc) is 2.18. The molecular weight excluding hydrogens is 192 g/mol. The smallest absolute Gasteiger partial charge is 0.161 e. The van der Waals surface area contributed by atoms with Crippen molar-refractivity contribution in [2.45, 2.75) is 20.3 Å². The van der Waals surface area contributed by atoms with E-state index in [2.05, 4.69) is 0 Å². The molecule has 15 heavy (non-hydrogen) atoms. The van der Waals surface area contributed by atoms with E-state index < -0.39 is 0 Å². The Bertz CT molecular complexity index is 396. The Kier molecular flexibility index (Phi) is 2.62. The van der Waals surface area contributed by atoms with Crippen LogP contribution < -0.4 is 9.47 Å². The first-order valence-corrected chi connectivity index (χ1v) is 5.05. The van der Waals surface area contributed by atoms with Crippen molar-refractivity contribution in [3.8, 4) is 11.5 Å². The molecule has 3 nitrogen and oxygen atoms in total. The molecule has 2 rings (SSSR count). The second-order valence-corrected chi connectivity index (χ2v) is 3.80. The summed E-state index contributed by atoms with van der Waals surface area (Å²) in [5, 5.41) is 0. The van der Waals surface area contributed by atoms with Crippen molar-refractivity contribution in [2.24, 2.45) is 0 Å². The van der Waals surface area contributed by atoms with E-state index in [1.807, 2.05) is 19.1 Å². The number of benzene rings is 1. The van der Waals surface area contributed by atoms with E-state index in [-0.39, 0.29) is 5.78 Å². The molecule has 0 N–H and O–H groups in total. The largest absolute Gasteiger partial charge is 0.486 e. The van der Waals surface area contributed by atoms with Crippen LogP contribution in [-0.4, -0.2) is 19.0 Å². The maximum absolute atomic E-state index is 11.1. The number of carbonyl (C=O) groups excluding carboxylic acids is 1. The van der Waals surface area contributed by atoms with Gasteiger partial charge in [0.1, 0.15) is 19.0 Å². The van der Waals surface area contributed by atoms with E-state index in [0.29, 0.717) is 19.6 Å². The summed E-state index contributed by atoms with van der Waals surface area (Å²) in [7, 11) is 0. The Morgan fingerprint density at radius 3 is 2.47 bits per heavy atom. The van der Waals surface area contributed by atoms with Gasteiger partial charge in [0.2, 0.25) is 0 Å². The van der Waals surface area contributed by atoms with Gasteiger partial charge in [-0.05, 0) is 37.1 Å². The highest BCUT2D eigenvalue weighted by Crippen LogP contribution is 2.33. The molecule has 0 saturated carbocycles. The minimum Gasteiger partial charge on any atom is -0.486 e. The maximum atomic E-state index is 11.1. The summed E-state index contributed by atoms with van der Waals surface area (Å²) in [5.41, 5.74) is 2.10. The fourth-order valence-electron chi connectivity index (χ4n) is 1.69. The summed E-state index contributed by atoms with van der Waals surface area (Å²) in [6, 6.07) is 3.85. The zero-order valence-electron chi connectivity index (χ0n) is 9.00. The van der Waals surface area contributed by atoms with Crippen molar-refractivity contribution in [3.63, 3.8) is 0 Å². The second-order valence-electron chi connectivity index (χ2n) is 3.80. The van der Waals surface area contributed by atoms with Crippen LogP contribution >= 0.6 is 0 Å². The lowest BCUT2D eigenvalue weighted by Gasteiger charge is -2.20. The van der Waals surface area contributed by atoms with Gasteiger partial charge in [-0.25, -0.2) is 0 Å². The van der Waals surface area contributed by atoms with Crippen LogP contribution in [0.15, 0.2) is 12.1 Å². The molecule has 1 aliphatic heterocycles. The molecule has 0 bridgehead atoms. The highest BCUT2D eigenvalue weighted by Gasteiger charge is 2.14. The highest BCUT2D eigenvalue weighted by atomic mass is 16.6. The zero-order chi connectivity index (χ0) is 10.8. The van der Waals surface area contributed by atoms with E-state index >= 15 is 0 Å². The Balaban J connectivity index is 2.36. The SMILES string of the molecule is CC(=O)Cc1cc2c(cc1C)OCCO2. The van der Waals surface area contributed by atoms with E-state index in [9.17, 15) is 4.79 Å². The summed E-state index contributed by atoms with van der Waals surface area (Å²) >= 11 is 0. The van der Waals surface area contributed by atoms with Gasteiger partial charge >= 0.3 is 0 Å². The minimum atomic E-state index is 0.162. The topological polar surface area (TPSA) is 35.5 Å². The van der Waals surface area contributed by atoms with E-state index in [1.54, 1.807) is 6.92 Å². The second kappa shape index (κ2) is 3.93. The molecule has 0 radical (unpaired) electrons. The first kappa shape index (κ1) is 10.0. The molecular formula is C12H14O3. The zero-order valence-corrected chi connectivity index (χ0v) is 9.00. The number of hydrogen-bond acceptors (Lipinski definition) is 3. The van der Waals surface area contributed by atoms with Crippen LogP contribution in [0, 0.1) is 6.92 Å². The van der Waals surface area contributed by atoms with Gasteiger partial charge in [0.05, 0.1) is 0 Å². The number of aryl methyl sites for hydroxylation is 1. The van der Waals surface area contributed by atoms with Crippen LogP contribution in [0.3, 0.4) is 0 Å². The summed E-state index contributed by atoms with van der Waals surface area (Å²) < 4.78 is 10.9. The van der Waals surface area contributed by atoms with Crippen LogP contribution in [0.1, 0.15) is 18.1 Å². The molecule has 1 aromatic rings. The van der Waals surface area contributed by atoms with Gasteiger partial charge in [-0.15, -0.1) is 0 Å². The van der Waals surface area contributed by atoms with Gasteiger partial charge in [-0.1, -0.05) is 0 Å². The van der Waals surface area contributed by atoms with Crippen molar-refractivity contribution < 1.29 is 14.3 Å². The number of ketones is 1. The normalized spacial score (nSPS) is 13.7. The van der Waals surface area contributed by atoms with E-state index in [1.165, 1.54) is 0 Å². The Hall–Kier alpha value is -1.51. The van der Waals surface area contributed by atoms with Crippen LogP contribution in [-0.2, 0) is 11.2 Å². The van der Waals surface area contributed by atoms with Gasteiger partial charge in [0, 0.05) is 6.42 Å². The van der Waals surface area contributed by atoms with E-state index in [4.69, 9.17) is 9.47 Å². The predicted octanol–water partition coefficient (Wildman–Crippen LogP) is 1.90. The lowest BCUT2D eigenvalue weighted by Crippen LogP contribution is -2.16. The molecule has 80 valence electrons. The Morgan fingerprint density at radius 2 is 1.87 bits per heavy atom. The molecule has 0 fully saturated rings. The first-order chi connectivity index (χ1) is 7.16. The predicted molar refractivity (Wildman–Crippen MR) is 56.6 cm³/mol. The minimum absolute atomic E-state index is 0.162. The third-order valence-electron chi connectivity index (χ3n) is 2.44.